The molecule has 4 rings (SSSR count). The Balaban J connectivity index is 1.15. The van der Waals surface area contributed by atoms with Gasteiger partial charge in [0.15, 0.2) is 16.7 Å². The Labute approximate surface area is 254 Å². The van der Waals surface area contributed by atoms with E-state index in [0.717, 1.165) is 49.2 Å². The molecule has 1 atom stereocenters. The molecule has 1 aromatic heterocycles. The third-order valence-electron chi connectivity index (χ3n) is 6.74. The van der Waals surface area contributed by atoms with E-state index in [0.29, 0.717) is 39.2 Å². The highest BCUT2D eigenvalue weighted by Gasteiger charge is 2.21. The molecule has 218 valence electrons. The number of benzene rings is 2. The summed E-state index contributed by atoms with van der Waals surface area (Å²) in [7, 11) is 3.17. The maximum Gasteiger partial charge on any atom is 0.239 e. The maximum atomic E-state index is 12.4. The van der Waals surface area contributed by atoms with Crippen LogP contribution in [0.25, 0.3) is 11.1 Å². The molecule has 0 saturated carbocycles. The molecule has 0 bridgehead atoms. The van der Waals surface area contributed by atoms with E-state index in [1.807, 2.05) is 30.3 Å². The number of piperidine rings is 1. The van der Waals surface area contributed by atoms with Gasteiger partial charge >= 0.3 is 0 Å². The van der Waals surface area contributed by atoms with Crippen molar-refractivity contribution < 1.29 is 19.1 Å². The number of methoxy groups -OCH3 is 2. The van der Waals surface area contributed by atoms with Gasteiger partial charge in [-0.2, -0.15) is 0 Å². The zero-order valence-electron chi connectivity index (χ0n) is 23.0. The molecule has 1 unspecified atom stereocenters. The predicted octanol–water partition coefficient (Wildman–Crippen LogP) is 4.70. The van der Waals surface area contributed by atoms with Crippen molar-refractivity contribution in [1.82, 2.24) is 25.5 Å². The topological polar surface area (TPSA) is 106 Å². The minimum absolute atomic E-state index is 0.0763. The molecule has 2 amide bonds. The summed E-state index contributed by atoms with van der Waals surface area (Å²) in [6.45, 7) is 3.04. The smallest absolute Gasteiger partial charge is 0.239 e. The largest absolute Gasteiger partial charge is 0.493 e. The summed E-state index contributed by atoms with van der Waals surface area (Å²) in [5, 5.41) is 7.23. The number of likely N-dealkylation sites (tertiary alicyclic amines) is 1. The monoisotopic (exact) mass is 617 g/mol. The third kappa shape index (κ3) is 8.97. The number of aromatic nitrogens is 2. The summed E-state index contributed by atoms with van der Waals surface area (Å²) in [6.07, 6.45) is 5.47. The van der Waals surface area contributed by atoms with Crippen LogP contribution in [0.15, 0.2) is 53.9 Å². The van der Waals surface area contributed by atoms with E-state index in [2.05, 4.69) is 25.5 Å². The molecule has 2 aromatic carbocycles. The second kappa shape index (κ2) is 15.3. The molecule has 1 aliphatic heterocycles. The fraction of sp³-hybridized carbons (Fsp3) is 0.379. The van der Waals surface area contributed by atoms with Gasteiger partial charge in [-0.25, -0.2) is 9.97 Å². The Hall–Kier alpha value is -3.05. The number of rotatable bonds is 12. The molecule has 9 nitrogen and oxygen atoms in total. The molecule has 2 N–H and O–H groups in total. The molecule has 0 spiro atoms. The molecule has 2 heterocycles. The van der Waals surface area contributed by atoms with Crippen LogP contribution < -0.4 is 20.1 Å². The first-order valence-corrected chi connectivity index (χ1v) is 15.0. The summed E-state index contributed by atoms with van der Waals surface area (Å²) in [5.41, 5.74) is 2.70. The molecule has 0 aliphatic carbocycles. The molecule has 12 heteroatoms. The highest BCUT2D eigenvalue weighted by Crippen LogP contribution is 2.32. The lowest BCUT2D eigenvalue weighted by Crippen LogP contribution is -2.43. The minimum atomic E-state index is -0.264. The van der Waals surface area contributed by atoms with Gasteiger partial charge < -0.3 is 20.1 Å². The third-order valence-corrected chi connectivity index (χ3v) is 8.47. The molecule has 41 heavy (non-hydrogen) atoms. The van der Waals surface area contributed by atoms with Crippen LogP contribution in [0.3, 0.4) is 0 Å². The van der Waals surface area contributed by atoms with Crippen LogP contribution in [0.5, 0.6) is 11.5 Å². The van der Waals surface area contributed by atoms with Crippen molar-refractivity contribution in [3.63, 3.8) is 0 Å². The second-order valence-electron chi connectivity index (χ2n) is 9.65. The lowest BCUT2D eigenvalue weighted by Gasteiger charge is -2.33. The minimum Gasteiger partial charge on any atom is -0.493 e. The molecule has 3 aromatic rings. The lowest BCUT2D eigenvalue weighted by atomic mass is 9.97. The average Bonchev–Trinajstić information content (AvgIpc) is 3.00. The SMILES string of the molecule is COc1ccc(-c2cnc(SCC(=O)NCC(=O)NCC3CCCN(Cc4cccc(Cl)c4Cl)C3)nc2)cc1OC. The summed E-state index contributed by atoms with van der Waals surface area (Å²) in [5.74, 6) is 1.21. The second-order valence-corrected chi connectivity index (χ2v) is 11.4. The zero-order valence-corrected chi connectivity index (χ0v) is 25.3. The van der Waals surface area contributed by atoms with Crippen LogP contribution in [-0.2, 0) is 16.1 Å². The van der Waals surface area contributed by atoms with Gasteiger partial charge in [-0.3, -0.25) is 14.5 Å². The highest BCUT2D eigenvalue weighted by atomic mass is 35.5. The van der Waals surface area contributed by atoms with E-state index < -0.39 is 0 Å². The van der Waals surface area contributed by atoms with E-state index in [9.17, 15) is 9.59 Å². The summed E-state index contributed by atoms with van der Waals surface area (Å²) in [6, 6.07) is 11.2. The van der Waals surface area contributed by atoms with Gasteiger partial charge in [0.25, 0.3) is 0 Å². The number of carbonyl (C=O) groups is 2. The molecule has 1 aliphatic rings. The lowest BCUT2D eigenvalue weighted by molar-refractivity contribution is -0.125. The van der Waals surface area contributed by atoms with Crippen molar-refractivity contribution >= 4 is 46.8 Å². The fourth-order valence-electron chi connectivity index (χ4n) is 4.61. The van der Waals surface area contributed by atoms with Gasteiger partial charge in [0.2, 0.25) is 11.8 Å². The highest BCUT2D eigenvalue weighted by molar-refractivity contribution is 7.99. The Morgan fingerprint density at radius 3 is 2.56 bits per heavy atom. The first-order valence-electron chi connectivity index (χ1n) is 13.2. The van der Waals surface area contributed by atoms with E-state index in [-0.39, 0.29) is 24.1 Å². The quantitative estimate of drug-likeness (QED) is 0.222. The van der Waals surface area contributed by atoms with Crippen molar-refractivity contribution in [2.75, 3.05) is 46.2 Å². The maximum absolute atomic E-state index is 12.4. The van der Waals surface area contributed by atoms with E-state index in [1.165, 1.54) is 11.8 Å². The van der Waals surface area contributed by atoms with Crippen LogP contribution in [0, 0.1) is 5.92 Å². The molecule has 1 fully saturated rings. The van der Waals surface area contributed by atoms with Crippen molar-refractivity contribution in [1.29, 1.82) is 0 Å². The number of halogens is 2. The number of nitrogens with one attached hydrogen (secondary N) is 2. The molecular weight excluding hydrogens is 585 g/mol. The number of hydrogen-bond donors (Lipinski definition) is 2. The van der Waals surface area contributed by atoms with Gasteiger partial charge in [0.05, 0.1) is 36.6 Å². The first kappa shape index (κ1) is 30.9. The van der Waals surface area contributed by atoms with Gasteiger partial charge in [-0.1, -0.05) is 53.2 Å². The summed E-state index contributed by atoms with van der Waals surface area (Å²) >= 11 is 13.7. The molecular formula is C29H33Cl2N5O4S. The molecule has 1 saturated heterocycles. The van der Waals surface area contributed by atoms with Crippen molar-refractivity contribution in [3.05, 3.63) is 64.4 Å². The Bertz CT molecular complexity index is 1350. The Kier molecular flexibility index (Phi) is 11.5. The predicted molar refractivity (Wildman–Crippen MR) is 162 cm³/mol. The number of ether oxygens (including phenoxy) is 2. The van der Waals surface area contributed by atoms with Crippen LogP contribution in [-0.4, -0.2) is 72.8 Å². The van der Waals surface area contributed by atoms with Crippen molar-refractivity contribution in [2.45, 2.75) is 24.5 Å². The van der Waals surface area contributed by atoms with E-state index in [1.54, 1.807) is 32.7 Å². The molecule has 0 radical (unpaired) electrons. The van der Waals surface area contributed by atoms with Crippen LogP contribution in [0.1, 0.15) is 18.4 Å². The number of amides is 2. The van der Waals surface area contributed by atoms with Gasteiger partial charge in [0, 0.05) is 37.6 Å². The van der Waals surface area contributed by atoms with Gasteiger partial charge in [-0.15, -0.1) is 0 Å². The first-order chi connectivity index (χ1) is 19.9. The fourth-order valence-corrected chi connectivity index (χ4v) is 5.61. The van der Waals surface area contributed by atoms with Gasteiger partial charge in [0.1, 0.15) is 0 Å². The van der Waals surface area contributed by atoms with E-state index >= 15 is 0 Å². The standard InChI is InChI=1S/C29H33Cl2N5O4S/c1-39-24-9-8-20(11-25(24)40-2)22-13-34-29(35-14-22)41-18-27(38)33-15-26(37)32-12-19-5-4-10-36(16-19)17-21-6-3-7-23(30)28(21)31/h3,6-9,11,13-14,19H,4-5,10,12,15-18H2,1-2H3,(H,32,37)(H,33,38). The van der Waals surface area contributed by atoms with Crippen LogP contribution >= 0.6 is 35.0 Å². The van der Waals surface area contributed by atoms with Gasteiger partial charge in [-0.05, 0) is 54.6 Å². The van der Waals surface area contributed by atoms with Crippen LogP contribution in [0.4, 0.5) is 0 Å². The number of nitrogens with zero attached hydrogens (tertiary/aromatic N) is 3. The van der Waals surface area contributed by atoms with Crippen LogP contribution in [0.2, 0.25) is 10.0 Å². The van der Waals surface area contributed by atoms with E-state index in [4.69, 9.17) is 32.7 Å². The number of carbonyl (C=O) groups excluding carboxylic acids is 2. The normalized spacial score (nSPS) is 15.3. The average molecular weight is 619 g/mol. The Morgan fingerprint density at radius 1 is 1.02 bits per heavy atom. The Morgan fingerprint density at radius 2 is 1.80 bits per heavy atom. The summed E-state index contributed by atoms with van der Waals surface area (Å²) < 4.78 is 10.6. The number of hydrogen-bond acceptors (Lipinski definition) is 8. The van der Waals surface area contributed by atoms with Crippen molar-refractivity contribution in [2.24, 2.45) is 5.92 Å². The zero-order chi connectivity index (χ0) is 29.2. The van der Waals surface area contributed by atoms with Crippen molar-refractivity contribution in [3.8, 4) is 22.6 Å². The summed E-state index contributed by atoms with van der Waals surface area (Å²) in [4.78, 5) is 35.7. The number of thioether (sulfide) groups is 1.